The zero-order valence-corrected chi connectivity index (χ0v) is 6.26. The molecule has 0 saturated heterocycles. The summed E-state index contributed by atoms with van der Waals surface area (Å²) in [4.78, 5) is 3.79. The number of rotatable bonds is 1. The van der Waals surface area contributed by atoms with Crippen LogP contribution in [0.25, 0.3) is 0 Å². The number of halogens is 1. The van der Waals surface area contributed by atoms with Crippen molar-refractivity contribution >= 4 is 15.9 Å². The average Bonchev–Trinajstić information content (AvgIpc) is 1.89. The Morgan fingerprint density at radius 3 is 2.89 bits per heavy atom. The molecule has 0 atom stereocenters. The van der Waals surface area contributed by atoms with Crippen molar-refractivity contribution in [3.63, 3.8) is 0 Å². The lowest BCUT2D eigenvalue weighted by Gasteiger charge is -1.93. The first-order valence-electron chi connectivity index (χ1n) is 2.51. The summed E-state index contributed by atoms with van der Waals surface area (Å²) in [5.41, 5.74) is 0.706. The number of hydrogen-bond acceptors (Lipinski definition) is 1. The molecule has 1 heterocycles. The van der Waals surface area contributed by atoms with Crippen LogP contribution in [0.1, 0.15) is 5.56 Å². The van der Waals surface area contributed by atoms with Gasteiger partial charge < -0.3 is 0 Å². The van der Waals surface area contributed by atoms with E-state index in [4.69, 9.17) is 0 Å². The Morgan fingerprint density at radius 1 is 1.67 bits per heavy atom. The Kier molecular flexibility index (Phi) is 2.19. The van der Waals surface area contributed by atoms with Crippen LogP contribution < -0.4 is 0 Å². The molecule has 1 radical (unpaired) electrons. The molecular weight excluding hydrogens is 182 g/mol. The second-order valence-corrected chi connectivity index (χ2v) is 2.47. The van der Waals surface area contributed by atoms with Gasteiger partial charge in [0.2, 0.25) is 0 Å². The Labute approximate surface area is 61.7 Å². The van der Waals surface area contributed by atoms with E-state index in [1.165, 1.54) is 0 Å². The van der Waals surface area contributed by atoms with Gasteiger partial charge in [-0.25, -0.2) is 5.11 Å². The molecule has 0 saturated carbocycles. The number of hydrogen-bond donors (Lipinski definition) is 0. The fourth-order valence-electron chi connectivity index (χ4n) is 0.516. The number of aromatic nitrogens is 1. The fraction of sp³-hybridized carbons (Fsp3) is 0.167. The van der Waals surface area contributed by atoms with Crippen LogP contribution in [0.5, 0.6) is 0 Å². The van der Waals surface area contributed by atoms with Gasteiger partial charge in [0.1, 0.15) is 6.61 Å². The van der Waals surface area contributed by atoms with Crippen molar-refractivity contribution in [2.45, 2.75) is 6.61 Å². The van der Waals surface area contributed by atoms with Crippen LogP contribution >= 0.6 is 15.9 Å². The summed E-state index contributed by atoms with van der Waals surface area (Å²) in [5.74, 6) is 0. The van der Waals surface area contributed by atoms with Gasteiger partial charge in [-0.3, -0.25) is 4.98 Å². The number of nitrogens with zero attached hydrogens (tertiary/aromatic N) is 1. The fourth-order valence-corrected chi connectivity index (χ4v) is 0.851. The average molecular weight is 187 g/mol. The predicted molar refractivity (Wildman–Crippen MR) is 36.3 cm³/mol. The minimum absolute atomic E-state index is 0.214. The van der Waals surface area contributed by atoms with E-state index in [9.17, 15) is 5.11 Å². The zero-order chi connectivity index (χ0) is 6.69. The summed E-state index contributed by atoms with van der Waals surface area (Å²) >= 11 is 3.22. The van der Waals surface area contributed by atoms with Crippen molar-refractivity contribution in [1.82, 2.24) is 4.98 Å². The molecule has 0 amide bonds. The molecule has 0 fully saturated rings. The Bertz CT molecular complexity index is 202. The molecule has 2 nitrogen and oxygen atoms in total. The summed E-state index contributed by atoms with van der Waals surface area (Å²) in [6, 6.07) is 1.76. The normalized spacial score (nSPS) is 9.56. The summed E-state index contributed by atoms with van der Waals surface area (Å²) in [6.45, 7) is -0.214. The van der Waals surface area contributed by atoms with Gasteiger partial charge in [-0.1, -0.05) is 15.9 Å². The van der Waals surface area contributed by atoms with E-state index in [2.05, 4.69) is 20.9 Å². The van der Waals surface area contributed by atoms with Crippen LogP contribution in [-0.2, 0) is 11.7 Å². The summed E-state index contributed by atoms with van der Waals surface area (Å²) in [6.07, 6.45) is 3.21. The van der Waals surface area contributed by atoms with Crippen molar-refractivity contribution < 1.29 is 5.11 Å². The highest BCUT2D eigenvalue weighted by Crippen LogP contribution is 2.13. The third-order valence-electron chi connectivity index (χ3n) is 1.000. The van der Waals surface area contributed by atoms with Gasteiger partial charge in [0.25, 0.3) is 0 Å². The van der Waals surface area contributed by atoms with E-state index in [0.29, 0.717) is 5.56 Å². The van der Waals surface area contributed by atoms with Crippen LogP contribution in [0.2, 0.25) is 0 Å². The molecule has 0 aliphatic rings. The molecule has 0 unspecified atom stereocenters. The largest absolute Gasteiger partial charge is 0.264 e. The highest BCUT2D eigenvalue weighted by Gasteiger charge is 1.94. The molecule has 47 valence electrons. The minimum atomic E-state index is -0.214. The topological polar surface area (TPSA) is 32.8 Å². The monoisotopic (exact) mass is 186 g/mol. The predicted octanol–water partition coefficient (Wildman–Crippen LogP) is 1.77. The molecule has 0 aliphatic carbocycles. The van der Waals surface area contributed by atoms with Crippen LogP contribution in [0.3, 0.4) is 0 Å². The maximum absolute atomic E-state index is 10.3. The second-order valence-electron chi connectivity index (χ2n) is 1.61. The molecule has 1 rings (SSSR count). The zero-order valence-electron chi connectivity index (χ0n) is 4.67. The smallest absolute Gasteiger partial charge is 0.110 e. The van der Waals surface area contributed by atoms with Gasteiger partial charge >= 0.3 is 0 Å². The molecule has 0 N–H and O–H groups in total. The first-order chi connectivity index (χ1) is 4.34. The minimum Gasteiger partial charge on any atom is -0.264 e. The van der Waals surface area contributed by atoms with Gasteiger partial charge in [-0.2, -0.15) is 0 Å². The third-order valence-corrected chi connectivity index (χ3v) is 1.77. The van der Waals surface area contributed by atoms with Crippen molar-refractivity contribution in [3.05, 3.63) is 28.5 Å². The van der Waals surface area contributed by atoms with Gasteiger partial charge in [0, 0.05) is 22.4 Å². The van der Waals surface area contributed by atoms with E-state index in [0.717, 1.165) is 4.47 Å². The summed E-state index contributed by atoms with van der Waals surface area (Å²) in [7, 11) is 0. The molecule has 1 aromatic rings. The van der Waals surface area contributed by atoms with E-state index in [1.807, 2.05) is 0 Å². The van der Waals surface area contributed by atoms with Gasteiger partial charge in [-0.15, -0.1) is 0 Å². The molecule has 1 aromatic heterocycles. The lowest BCUT2D eigenvalue weighted by atomic mass is 10.3. The Morgan fingerprint density at radius 2 is 2.44 bits per heavy atom. The molecule has 3 heteroatoms. The Hall–Kier alpha value is -0.410. The van der Waals surface area contributed by atoms with Crippen molar-refractivity contribution in [2.75, 3.05) is 0 Å². The molecule has 9 heavy (non-hydrogen) atoms. The van der Waals surface area contributed by atoms with Gasteiger partial charge in [0.15, 0.2) is 0 Å². The molecule has 0 aromatic carbocycles. The second kappa shape index (κ2) is 2.94. The molecule has 0 spiro atoms. The van der Waals surface area contributed by atoms with Crippen molar-refractivity contribution in [1.29, 1.82) is 0 Å². The van der Waals surface area contributed by atoms with Crippen LogP contribution in [-0.4, -0.2) is 4.98 Å². The van der Waals surface area contributed by atoms with Gasteiger partial charge in [-0.05, 0) is 6.07 Å². The maximum atomic E-state index is 10.3. The van der Waals surface area contributed by atoms with E-state index < -0.39 is 0 Å². The Balaban J connectivity index is 3.01. The standard InChI is InChI=1S/C6H5BrNO/c7-6-1-2-8-3-5(6)4-9/h1-3H,4H2. The van der Waals surface area contributed by atoms with Crippen LogP contribution in [0.4, 0.5) is 0 Å². The first-order valence-corrected chi connectivity index (χ1v) is 3.30. The van der Waals surface area contributed by atoms with Gasteiger partial charge in [0.05, 0.1) is 0 Å². The first kappa shape index (κ1) is 6.71. The SMILES string of the molecule is [O]Cc1cnccc1Br. The van der Waals surface area contributed by atoms with Crippen LogP contribution in [0, 0.1) is 0 Å². The number of pyridine rings is 1. The van der Waals surface area contributed by atoms with Crippen molar-refractivity contribution in [3.8, 4) is 0 Å². The molecular formula is C6H5BrNO. The molecule has 0 aliphatic heterocycles. The van der Waals surface area contributed by atoms with E-state index in [1.54, 1.807) is 18.5 Å². The highest BCUT2D eigenvalue weighted by atomic mass is 79.9. The highest BCUT2D eigenvalue weighted by molar-refractivity contribution is 9.10. The van der Waals surface area contributed by atoms with Crippen LogP contribution in [0.15, 0.2) is 22.9 Å². The van der Waals surface area contributed by atoms with E-state index >= 15 is 0 Å². The quantitative estimate of drug-likeness (QED) is 0.659. The maximum Gasteiger partial charge on any atom is 0.110 e. The third kappa shape index (κ3) is 1.50. The summed E-state index contributed by atoms with van der Waals surface area (Å²) < 4.78 is 0.840. The van der Waals surface area contributed by atoms with Crippen molar-refractivity contribution in [2.24, 2.45) is 0 Å². The summed E-state index contributed by atoms with van der Waals surface area (Å²) in [5, 5.41) is 10.3. The lowest BCUT2D eigenvalue weighted by Crippen LogP contribution is -1.83. The molecule has 0 bridgehead atoms. The lowest BCUT2D eigenvalue weighted by molar-refractivity contribution is 0.176. The van der Waals surface area contributed by atoms with E-state index in [-0.39, 0.29) is 6.61 Å².